The molecule has 7 heteroatoms. The van der Waals surface area contributed by atoms with Crippen LogP contribution in [0, 0.1) is 0 Å². The maximum Gasteiger partial charge on any atom is 0.321 e. The molecule has 0 saturated carbocycles. The highest BCUT2D eigenvalue weighted by atomic mass is 16.2. The van der Waals surface area contributed by atoms with E-state index in [1.54, 1.807) is 0 Å². The molecule has 1 aromatic heterocycles. The van der Waals surface area contributed by atoms with E-state index in [2.05, 4.69) is 67.7 Å². The Labute approximate surface area is 167 Å². The molecule has 7 nitrogen and oxygen atoms in total. The maximum absolute atomic E-state index is 13.6. The Morgan fingerprint density at radius 1 is 1.25 bits per heavy atom. The van der Waals surface area contributed by atoms with E-state index >= 15 is 0 Å². The number of nitrogens with one attached hydrogen (secondary N) is 1. The van der Waals surface area contributed by atoms with Crippen molar-refractivity contribution in [3.05, 3.63) is 35.7 Å². The van der Waals surface area contributed by atoms with Crippen LogP contribution in [0.3, 0.4) is 0 Å². The zero-order chi connectivity index (χ0) is 20.3. The van der Waals surface area contributed by atoms with Gasteiger partial charge in [0.05, 0.1) is 17.8 Å². The number of anilines is 1. The number of urea groups is 1. The summed E-state index contributed by atoms with van der Waals surface area (Å²) in [7, 11) is 2.14. The molecular weight excluding hydrogens is 352 g/mol. The third-order valence-corrected chi connectivity index (χ3v) is 6.67. The van der Waals surface area contributed by atoms with Crippen LogP contribution in [0.1, 0.15) is 45.9 Å². The van der Waals surface area contributed by atoms with Crippen molar-refractivity contribution in [2.45, 2.75) is 58.3 Å². The molecule has 0 aliphatic carbocycles. The van der Waals surface area contributed by atoms with Gasteiger partial charge < -0.3 is 14.7 Å². The molecule has 0 aromatic carbocycles. The van der Waals surface area contributed by atoms with Crippen LogP contribution in [0.5, 0.6) is 0 Å². The maximum atomic E-state index is 13.6. The fourth-order valence-electron chi connectivity index (χ4n) is 4.52. The van der Waals surface area contributed by atoms with Crippen LogP contribution in [-0.4, -0.2) is 69.2 Å². The number of aromatic nitrogens is 2. The van der Waals surface area contributed by atoms with E-state index in [0.717, 1.165) is 36.7 Å². The van der Waals surface area contributed by atoms with E-state index in [1.165, 1.54) is 0 Å². The molecule has 0 spiro atoms. The van der Waals surface area contributed by atoms with E-state index < -0.39 is 5.54 Å². The number of hydrogen-bond donors (Lipinski definition) is 1. The third kappa shape index (κ3) is 2.83. The van der Waals surface area contributed by atoms with E-state index in [0.29, 0.717) is 6.54 Å². The summed E-state index contributed by atoms with van der Waals surface area (Å²) in [6.45, 7) is 13.8. The van der Waals surface area contributed by atoms with Crippen molar-refractivity contribution in [2.75, 3.05) is 31.6 Å². The van der Waals surface area contributed by atoms with Gasteiger partial charge in [0.15, 0.2) is 5.82 Å². The van der Waals surface area contributed by atoms with Gasteiger partial charge in [0.2, 0.25) is 0 Å². The largest absolute Gasteiger partial charge is 0.327 e. The first kappa shape index (κ1) is 19.1. The fraction of sp³-hybridized carbons (Fsp3) is 0.619. The van der Waals surface area contributed by atoms with Gasteiger partial charge in [-0.05, 0) is 47.7 Å². The highest BCUT2D eigenvalue weighted by Gasteiger charge is 2.48. The zero-order valence-electron chi connectivity index (χ0n) is 17.9. The predicted molar refractivity (Wildman–Crippen MR) is 111 cm³/mol. The fourth-order valence-corrected chi connectivity index (χ4v) is 4.52. The SMILES string of the molecule is C[C@H]1CN(C)C(C)(C)CN1C(=O)N1Cc2c(N3C=CC=CC3)n[nH]c2C1(C)C. The van der Waals surface area contributed by atoms with Gasteiger partial charge in [-0.2, -0.15) is 5.10 Å². The van der Waals surface area contributed by atoms with E-state index in [1.807, 2.05) is 28.2 Å². The van der Waals surface area contributed by atoms with Crippen molar-refractivity contribution in [3.63, 3.8) is 0 Å². The third-order valence-electron chi connectivity index (χ3n) is 6.67. The van der Waals surface area contributed by atoms with Gasteiger partial charge in [-0.3, -0.25) is 10.00 Å². The minimum absolute atomic E-state index is 0.0298. The van der Waals surface area contributed by atoms with Gasteiger partial charge >= 0.3 is 6.03 Å². The topological polar surface area (TPSA) is 58.7 Å². The van der Waals surface area contributed by atoms with E-state index in [9.17, 15) is 4.79 Å². The molecule has 4 heterocycles. The molecule has 1 atom stereocenters. The molecule has 1 fully saturated rings. The first-order valence-corrected chi connectivity index (χ1v) is 10.1. The van der Waals surface area contributed by atoms with Crippen molar-refractivity contribution in [2.24, 2.45) is 0 Å². The number of amides is 2. The smallest absolute Gasteiger partial charge is 0.321 e. The lowest BCUT2D eigenvalue weighted by Crippen LogP contribution is -2.65. The summed E-state index contributed by atoms with van der Waals surface area (Å²) in [5, 5.41) is 7.79. The standard InChI is InChI=1S/C21H32N6O/c1-15-12-24(6)20(2,3)14-26(15)19(28)27-13-16-17(21(27,4)5)22-23-18(16)25-10-8-7-9-11-25/h7-10,15H,11-14H2,1-6H3,(H,22,23)/t15-/m0/s1. The predicted octanol–water partition coefficient (Wildman–Crippen LogP) is 2.88. The molecular formula is C21H32N6O. The van der Waals surface area contributed by atoms with Crippen LogP contribution in [0.25, 0.3) is 0 Å². The number of nitrogens with zero attached hydrogens (tertiary/aromatic N) is 5. The first-order valence-electron chi connectivity index (χ1n) is 10.1. The van der Waals surface area contributed by atoms with Crippen molar-refractivity contribution in [3.8, 4) is 0 Å². The number of aromatic amines is 1. The quantitative estimate of drug-likeness (QED) is 0.809. The number of rotatable bonds is 1. The normalized spacial score (nSPS) is 26.1. The molecule has 2 amide bonds. The summed E-state index contributed by atoms with van der Waals surface area (Å²) in [6, 6.07) is 0.302. The van der Waals surface area contributed by atoms with Crippen LogP contribution >= 0.6 is 0 Å². The molecule has 0 radical (unpaired) electrons. The van der Waals surface area contributed by atoms with Crippen molar-refractivity contribution in [1.82, 2.24) is 24.9 Å². The summed E-state index contributed by atoms with van der Waals surface area (Å²) in [6.07, 6.45) is 8.21. The number of hydrogen-bond acceptors (Lipinski definition) is 4. The molecule has 3 aliphatic heterocycles. The molecule has 1 aromatic rings. The van der Waals surface area contributed by atoms with Crippen molar-refractivity contribution < 1.29 is 4.79 Å². The number of allylic oxidation sites excluding steroid dienone is 2. The molecule has 3 aliphatic rings. The Hall–Kier alpha value is -2.28. The Balaban J connectivity index is 1.61. The Bertz CT molecular complexity index is 836. The minimum atomic E-state index is -0.416. The molecule has 152 valence electrons. The van der Waals surface area contributed by atoms with Gasteiger partial charge in [-0.1, -0.05) is 12.2 Å². The second kappa shape index (κ2) is 6.37. The van der Waals surface area contributed by atoms with Crippen LogP contribution < -0.4 is 4.90 Å². The lowest BCUT2D eigenvalue weighted by molar-refractivity contribution is 0.00695. The van der Waals surface area contributed by atoms with Gasteiger partial charge in [0.25, 0.3) is 0 Å². The van der Waals surface area contributed by atoms with Crippen molar-refractivity contribution >= 4 is 11.8 Å². The molecule has 1 saturated heterocycles. The van der Waals surface area contributed by atoms with Crippen LogP contribution in [0.2, 0.25) is 0 Å². The zero-order valence-corrected chi connectivity index (χ0v) is 17.9. The Morgan fingerprint density at radius 3 is 2.68 bits per heavy atom. The molecule has 28 heavy (non-hydrogen) atoms. The number of carbonyl (C=O) groups is 1. The number of carbonyl (C=O) groups excluding carboxylic acids is 1. The molecule has 4 rings (SSSR count). The van der Waals surface area contributed by atoms with Gasteiger partial charge in [-0.15, -0.1) is 0 Å². The Kier molecular flexibility index (Phi) is 4.34. The monoisotopic (exact) mass is 384 g/mol. The second-order valence-corrected chi connectivity index (χ2v) is 9.42. The lowest BCUT2D eigenvalue weighted by Gasteiger charge is -2.50. The van der Waals surface area contributed by atoms with Crippen LogP contribution in [0.15, 0.2) is 24.4 Å². The van der Waals surface area contributed by atoms with Crippen LogP contribution in [0.4, 0.5) is 10.6 Å². The molecule has 0 unspecified atom stereocenters. The average molecular weight is 385 g/mol. The number of likely N-dealkylation sites (N-methyl/N-ethyl adjacent to an activating group) is 1. The number of fused-ring (bicyclic) bond motifs is 1. The second-order valence-electron chi connectivity index (χ2n) is 9.42. The lowest BCUT2D eigenvalue weighted by atomic mass is 9.96. The highest BCUT2D eigenvalue weighted by molar-refractivity contribution is 5.78. The Morgan fingerprint density at radius 2 is 2.00 bits per heavy atom. The minimum Gasteiger partial charge on any atom is -0.327 e. The van der Waals surface area contributed by atoms with Crippen LogP contribution in [-0.2, 0) is 12.1 Å². The molecule has 1 N–H and O–H groups in total. The highest BCUT2D eigenvalue weighted by Crippen LogP contribution is 2.42. The van der Waals surface area contributed by atoms with E-state index in [-0.39, 0.29) is 17.6 Å². The number of piperazine rings is 1. The summed E-state index contributed by atoms with van der Waals surface area (Å²) in [4.78, 5) is 22.2. The van der Waals surface area contributed by atoms with Crippen molar-refractivity contribution in [1.29, 1.82) is 0 Å². The van der Waals surface area contributed by atoms with E-state index in [4.69, 9.17) is 0 Å². The summed E-state index contributed by atoms with van der Waals surface area (Å²) < 4.78 is 0. The van der Waals surface area contributed by atoms with Gasteiger partial charge in [0, 0.05) is 43.0 Å². The average Bonchev–Trinajstić information content (AvgIpc) is 3.17. The first-order chi connectivity index (χ1) is 13.1. The van der Waals surface area contributed by atoms with Gasteiger partial charge in [-0.25, -0.2) is 4.79 Å². The van der Waals surface area contributed by atoms with Gasteiger partial charge in [0.1, 0.15) is 0 Å². The summed E-state index contributed by atoms with van der Waals surface area (Å²) >= 11 is 0. The summed E-state index contributed by atoms with van der Waals surface area (Å²) in [5.41, 5.74) is 1.72. The molecule has 0 bridgehead atoms. The summed E-state index contributed by atoms with van der Waals surface area (Å²) in [5.74, 6) is 0.922. The number of H-pyrrole nitrogens is 1.